The van der Waals surface area contributed by atoms with Crippen molar-refractivity contribution in [3.8, 4) is 34.5 Å². The van der Waals surface area contributed by atoms with E-state index < -0.39 is 5.91 Å². The van der Waals surface area contributed by atoms with E-state index >= 15 is 0 Å². The molecule has 1 aliphatic heterocycles. The lowest BCUT2D eigenvalue weighted by molar-refractivity contribution is 0.0926. The van der Waals surface area contributed by atoms with Crippen molar-refractivity contribution in [1.82, 2.24) is 15.5 Å². The minimum absolute atomic E-state index is 0.0648. The standard InChI is InChI=1S/C20H19N3O6/c1-11(12-4-6-14(25-2)16(8-12)26-3)21-19(24)18-22-20(29-23-18)13-5-7-15-17(9-13)28-10-27-15/h4-9,11H,10H2,1-3H3,(H,21,24)/t11-/m0/s1. The second kappa shape index (κ2) is 7.70. The Bertz CT molecular complexity index is 1050. The molecule has 0 spiro atoms. The van der Waals surface area contributed by atoms with E-state index in [0.29, 0.717) is 28.6 Å². The monoisotopic (exact) mass is 397 g/mol. The summed E-state index contributed by atoms with van der Waals surface area (Å²) in [5.74, 6) is 2.13. The quantitative estimate of drug-likeness (QED) is 0.677. The maximum absolute atomic E-state index is 12.5. The number of benzene rings is 2. The van der Waals surface area contributed by atoms with Crippen LogP contribution in [-0.2, 0) is 0 Å². The van der Waals surface area contributed by atoms with Crippen molar-refractivity contribution in [2.24, 2.45) is 0 Å². The normalized spacial score (nSPS) is 13.1. The number of nitrogens with one attached hydrogen (secondary N) is 1. The summed E-state index contributed by atoms with van der Waals surface area (Å²) in [5, 5.41) is 6.62. The lowest BCUT2D eigenvalue weighted by Gasteiger charge is -2.15. The predicted octanol–water partition coefficient (Wildman–Crippen LogP) is 2.97. The molecule has 0 unspecified atom stereocenters. The zero-order valence-corrected chi connectivity index (χ0v) is 16.1. The molecule has 2 heterocycles. The molecule has 29 heavy (non-hydrogen) atoms. The Labute approximate surface area is 166 Å². The fourth-order valence-electron chi connectivity index (χ4n) is 2.93. The van der Waals surface area contributed by atoms with Crippen molar-refractivity contribution in [1.29, 1.82) is 0 Å². The van der Waals surface area contributed by atoms with Crippen molar-refractivity contribution in [2.75, 3.05) is 21.0 Å². The number of methoxy groups -OCH3 is 2. The number of amides is 1. The zero-order valence-electron chi connectivity index (χ0n) is 16.1. The van der Waals surface area contributed by atoms with Gasteiger partial charge in [0.05, 0.1) is 20.3 Å². The van der Waals surface area contributed by atoms with Crippen molar-refractivity contribution >= 4 is 5.91 Å². The minimum Gasteiger partial charge on any atom is -0.493 e. The van der Waals surface area contributed by atoms with E-state index in [0.717, 1.165) is 5.56 Å². The Morgan fingerprint density at radius 2 is 1.86 bits per heavy atom. The predicted molar refractivity (Wildman–Crippen MR) is 101 cm³/mol. The van der Waals surface area contributed by atoms with Gasteiger partial charge in [0, 0.05) is 5.56 Å². The highest BCUT2D eigenvalue weighted by Gasteiger charge is 2.21. The first-order chi connectivity index (χ1) is 14.1. The highest BCUT2D eigenvalue weighted by Crippen LogP contribution is 2.35. The molecule has 2 aromatic carbocycles. The molecule has 0 bridgehead atoms. The van der Waals surface area contributed by atoms with E-state index in [1.807, 2.05) is 13.0 Å². The molecule has 0 saturated heterocycles. The Hall–Kier alpha value is -3.75. The summed E-state index contributed by atoms with van der Waals surface area (Å²) in [6, 6.07) is 10.4. The number of carbonyl (C=O) groups is 1. The van der Waals surface area contributed by atoms with Crippen LogP contribution >= 0.6 is 0 Å². The number of hydrogen-bond donors (Lipinski definition) is 1. The SMILES string of the molecule is COc1ccc([C@H](C)NC(=O)c2noc(-c3ccc4c(c3)OCO4)n2)cc1OC. The fourth-order valence-corrected chi connectivity index (χ4v) is 2.93. The van der Waals surface area contributed by atoms with Crippen LogP contribution in [0.15, 0.2) is 40.9 Å². The molecular weight excluding hydrogens is 378 g/mol. The summed E-state index contributed by atoms with van der Waals surface area (Å²) in [6.07, 6.45) is 0. The van der Waals surface area contributed by atoms with Crippen LogP contribution in [0.3, 0.4) is 0 Å². The lowest BCUT2D eigenvalue weighted by atomic mass is 10.1. The number of nitrogens with zero attached hydrogens (tertiary/aromatic N) is 2. The maximum atomic E-state index is 12.5. The number of fused-ring (bicyclic) bond motifs is 1. The average molecular weight is 397 g/mol. The molecule has 0 aliphatic carbocycles. The average Bonchev–Trinajstić information content (AvgIpc) is 3.42. The van der Waals surface area contributed by atoms with Gasteiger partial charge in [-0.15, -0.1) is 0 Å². The Morgan fingerprint density at radius 3 is 2.66 bits per heavy atom. The summed E-state index contributed by atoms with van der Waals surface area (Å²) >= 11 is 0. The Balaban J connectivity index is 1.48. The van der Waals surface area contributed by atoms with Crippen LogP contribution < -0.4 is 24.3 Å². The molecule has 1 N–H and O–H groups in total. The summed E-state index contributed by atoms with van der Waals surface area (Å²) in [6.45, 7) is 2.02. The fraction of sp³-hybridized carbons (Fsp3) is 0.250. The maximum Gasteiger partial charge on any atom is 0.293 e. The lowest BCUT2D eigenvalue weighted by Crippen LogP contribution is -2.27. The van der Waals surface area contributed by atoms with E-state index in [9.17, 15) is 4.79 Å². The van der Waals surface area contributed by atoms with Crippen molar-refractivity contribution < 1.29 is 28.3 Å². The van der Waals surface area contributed by atoms with Crippen LogP contribution in [0.2, 0.25) is 0 Å². The Kier molecular flexibility index (Phi) is 4.94. The molecule has 1 amide bonds. The molecule has 1 aliphatic rings. The third-order valence-electron chi connectivity index (χ3n) is 4.50. The van der Waals surface area contributed by atoms with Crippen molar-refractivity contribution in [2.45, 2.75) is 13.0 Å². The molecule has 9 nitrogen and oxygen atoms in total. The first kappa shape index (κ1) is 18.6. The zero-order chi connectivity index (χ0) is 20.4. The van der Waals surface area contributed by atoms with Gasteiger partial charge in [-0.05, 0) is 42.8 Å². The van der Waals surface area contributed by atoms with E-state index in [4.69, 9.17) is 23.5 Å². The second-order valence-electron chi connectivity index (χ2n) is 6.30. The summed E-state index contributed by atoms with van der Waals surface area (Å²) in [7, 11) is 3.12. The number of rotatable bonds is 6. The minimum atomic E-state index is -0.456. The van der Waals surface area contributed by atoms with Gasteiger partial charge in [-0.3, -0.25) is 4.79 Å². The summed E-state index contributed by atoms with van der Waals surface area (Å²) < 4.78 is 26.4. The van der Waals surface area contributed by atoms with Gasteiger partial charge in [-0.25, -0.2) is 0 Å². The van der Waals surface area contributed by atoms with E-state index in [-0.39, 0.29) is 24.5 Å². The molecule has 0 fully saturated rings. The first-order valence-electron chi connectivity index (χ1n) is 8.85. The van der Waals surface area contributed by atoms with Gasteiger partial charge in [-0.2, -0.15) is 4.98 Å². The third kappa shape index (κ3) is 3.66. The molecule has 4 rings (SSSR count). The van der Waals surface area contributed by atoms with Crippen molar-refractivity contribution in [3.05, 3.63) is 47.8 Å². The van der Waals surface area contributed by atoms with Gasteiger partial charge in [0.15, 0.2) is 23.0 Å². The molecule has 3 aromatic rings. The molecule has 9 heteroatoms. The van der Waals surface area contributed by atoms with Crippen LogP contribution in [0.25, 0.3) is 11.5 Å². The number of ether oxygens (including phenoxy) is 4. The topological polar surface area (TPSA) is 105 Å². The van der Waals surface area contributed by atoms with E-state index in [1.165, 1.54) is 0 Å². The second-order valence-corrected chi connectivity index (χ2v) is 6.30. The number of aromatic nitrogens is 2. The smallest absolute Gasteiger partial charge is 0.293 e. The Morgan fingerprint density at radius 1 is 1.07 bits per heavy atom. The number of hydrogen-bond acceptors (Lipinski definition) is 8. The molecule has 1 aromatic heterocycles. The van der Waals surface area contributed by atoms with E-state index in [1.54, 1.807) is 44.6 Å². The van der Waals surface area contributed by atoms with Gasteiger partial charge in [0.25, 0.3) is 17.6 Å². The van der Waals surface area contributed by atoms with Crippen molar-refractivity contribution in [3.63, 3.8) is 0 Å². The van der Waals surface area contributed by atoms with Crippen LogP contribution in [-0.4, -0.2) is 37.1 Å². The molecule has 150 valence electrons. The largest absolute Gasteiger partial charge is 0.493 e. The van der Waals surface area contributed by atoms with Gasteiger partial charge in [0.1, 0.15) is 0 Å². The highest BCUT2D eigenvalue weighted by molar-refractivity contribution is 5.91. The highest BCUT2D eigenvalue weighted by atomic mass is 16.7. The molecular formula is C20H19N3O6. The number of carbonyl (C=O) groups excluding carboxylic acids is 1. The van der Waals surface area contributed by atoms with Crippen LogP contribution in [0.5, 0.6) is 23.0 Å². The third-order valence-corrected chi connectivity index (χ3v) is 4.50. The van der Waals surface area contributed by atoms with Crippen LogP contribution in [0.4, 0.5) is 0 Å². The van der Waals surface area contributed by atoms with Crippen LogP contribution in [0.1, 0.15) is 29.1 Å². The van der Waals surface area contributed by atoms with Gasteiger partial charge >= 0.3 is 0 Å². The summed E-state index contributed by atoms with van der Waals surface area (Å²) in [5.41, 5.74) is 1.48. The molecule has 0 saturated carbocycles. The van der Waals surface area contributed by atoms with Gasteiger partial charge < -0.3 is 28.8 Å². The van der Waals surface area contributed by atoms with E-state index in [2.05, 4.69) is 15.5 Å². The first-order valence-corrected chi connectivity index (χ1v) is 8.85. The van der Waals surface area contributed by atoms with Gasteiger partial charge in [0.2, 0.25) is 6.79 Å². The summed E-state index contributed by atoms with van der Waals surface area (Å²) in [4.78, 5) is 16.7. The van der Waals surface area contributed by atoms with Gasteiger partial charge in [-0.1, -0.05) is 11.2 Å². The van der Waals surface area contributed by atoms with Crippen LogP contribution in [0, 0.1) is 0 Å². The molecule has 1 atom stereocenters. The molecule has 0 radical (unpaired) electrons.